The van der Waals surface area contributed by atoms with E-state index < -0.39 is 0 Å². The monoisotopic (exact) mass is 228 g/mol. The molecule has 1 saturated carbocycles. The van der Waals surface area contributed by atoms with Crippen molar-refractivity contribution in [3.63, 3.8) is 0 Å². The predicted octanol–water partition coefficient (Wildman–Crippen LogP) is 2.50. The van der Waals surface area contributed by atoms with Crippen molar-refractivity contribution in [3.05, 3.63) is 0 Å². The molecule has 4 nitrogen and oxygen atoms in total. The SMILES string of the molecule is CC1(C)CCC(OCCCC(N)=NO)CC1. The second-order valence-electron chi connectivity index (χ2n) is 5.43. The van der Waals surface area contributed by atoms with E-state index in [1.54, 1.807) is 0 Å². The van der Waals surface area contributed by atoms with Crippen LogP contribution in [0.15, 0.2) is 5.16 Å². The molecule has 0 aliphatic heterocycles. The zero-order valence-corrected chi connectivity index (χ0v) is 10.4. The van der Waals surface area contributed by atoms with Crippen molar-refractivity contribution in [2.75, 3.05) is 6.61 Å². The topological polar surface area (TPSA) is 67.8 Å². The molecule has 0 aromatic rings. The summed E-state index contributed by atoms with van der Waals surface area (Å²) in [7, 11) is 0. The standard InChI is InChI=1S/C12H24N2O2/c1-12(2)7-5-10(6-8-12)16-9-3-4-11(13)14-15/h10,15H,3-9H2,1-2H3,(H2,13,14). The highest BCUT2D eigenvalue weighted by Gasteiger charge is 2.26. The molecule has 4 heteroatoms. The summed E-state index contributed by atoms with van der Waals surface area (Å²) in [6.45, 7) is 5.35. The normalized spacial score (nSPS) is 22.2. The molecule has 0 heterocycles. The van der Waals surface area contributed by atoms with Gasteiger partial charge >= 0.3 is 0 Å². The van der Waals surface area contributed by atoms with Crippen molar-refractivity contribution in [2.24, 2.45) is 16.3 Å². The van der Waals surface area contributed by atoms with Gasteiger partial charge in [0.2, 0.25) is 0 Å². The van der Waals surface area contributed by atoms with E-state index in [1.165, 1.54) is 12.8 Å². The Bertz CT molecular complexity index is 229. The van der Waals surface area contributed by atoms with Crippen molar-refractivity contribution in [3.8, 4) is 0 Å². The lowest BCUT2D eigenvalue weighted by Gasteiger charge is -2.34. The van der Waals surface area contributed by atoms with Gasteiger partial charge in [-0.1, -0.05) is 19.0 Å². The van der Waals surface area contributed by atoms with Gasteiger partial charge in [0, 0.05) is 13.0 Å². The fourth-order valence-corrected chi connectivity index (χ4v) is 2.09. The number of hydrogen-bond donors (Lipinski definition) is 2. The fourth-order valence-electron chi connectivity index (χ4n) is 2.09. The number of nitrogens with two attached hydrogens (primary N) is 1. The Balaban J connectivity index is 2.07. The van der Waals surface area contributed by atoms with Gasteiger partial charge < -0.3 is 15.7 Å². The number of amidine groups is 1. The minimum Gasteiger partial charge on any atom is -0.409 e. The van der Waals surface area contributed by atoms with Crippen LogP contribution in [0, 0.1) is 5.41 Å². The summed E-state index contributed by atoms with van der Waals surface area (Å²) in [6, 6.07) is 0. The van der Waals surface area contributed by atoms with Crippen molar-refractivity contribution < 1.29 is 9.94 Å². The maximum atomic E-state index is 8.36. The van der Waals surface area contributed by atoms with Crippen molar-refractivity contribution in [2.45, 2.75) is 58.5 Å². The second kappa shape index (κ2) is 6.09. The van der Waals surface area contributed by atoms with Gasteiger partial charge in [-0.3, -0.25) is 0 Å². The zero-order valence-electron chi connectivity index (χ0n) is 10.4. The molecule has 1 aliphatic rings. The van der Waals surface area contributed by atoms with Crippen LogP contribution >= 0.6 is 0 Å². The largest absolute Gasteiger partial charge is 0.409 e. The molecule has 1 aliphatic carbocycles. The minimum atomic E-state index is 0.286. The van der Waals surface area contributed by atoms with Crippen LogP contribution in [0.25, 0.3) is 0 Å². The molecule has 16 heavy (non-hydrogen) atoms. The van der Waals surface area contributed by atoms with Gasteiger partial charge in [0.1, 0.15) is 5.84 Å². The van der Waals surface area contributed by atoms with Crippen LogP contribution in [-0.4, -0.2) is 23.8 Å². The van der Waals surface area contributed by atoms with Crippen molar-refractivity contribution in [1.29, 1.82) is 0 Å². The highest BCUT2D eigenvalue weighted by atomic mass is 16.5. The Kier molecular flexibility index (Phi) is 5.06. The molecule has 0 amide bonds. The van der Waals surface area contributed by atoms with E-state index in [2.05, 4.69) is 19.0 Å². The summed E-state index contributed by atoms with van der Waals surface area (Å²) < 4.78 is 5.78. The Morgan fingerprint density at radius 2 is 2.06 bits per heavy atom. The molecule has 0 aromatic heterocycles. The number of rotatable bonds is 5. The fraction of sp³-hybridized carbons (Fsp3) is 0.917. The van der Waals surface area contributed by atoms with E-state index >= 15 is 0 Å². The average molecular weight is 228 g/mol. The van der Waals surface area contributed by atoms with Gasteiger partial charge in [0.05, 0.1) is 6.10 Å². The van der Waals surface area contributed by atoms with Crippen LogP contribution in [0.1, 0.15) is 52.4 Å². The van der Waals surface area contributed by atoms with Crippen LogP contribution in [0.4, 0.5) is 0 Å². The molecule has 0 unspecified atom stereocenters. The van der Waals surface area contributed by atoms with Gasteiger partial charge in [-0.2, -0.15) is 0 Å². The quantitative estimate of drug-likeness (QED) is 0.250. The molecule has 0 aromatic carbocycles. The van der Waals surface area contributed by atoms with Crippen molar-refractivity contribution >= 4 is 5.84 Å². The number of ether oxygens (including phenoxy) is 1. The third kappa shape index (κ3) is 4.84. The molecule has 0 spiro atoms. The van der Waals surface area contributed by atoms with Crippen LogP contribution in [-0.2, 0) is 4.74 Å². The maximum Gasteiger partial charge on any atom is 0.139 e. The second-order valence-corrected chi connectivity index (χ2v) is 5.43. The van der Waals surface area contributed by atoms with Crippen LogP contribution in [0.5, 0.6) is 0 Å². The summed E-state index contributed by atoms with van der Waals surface area (Å²) in [4.78, 5) is 0. The summed E-state index contributed by atoms with van der Waals surface area (Å²) >= 11 is 0. The van der Waals surface area contributed by atoms with E-state index in [-0.39, 0.29) is 5.84 Å². The lowest BCUT2D eigenvalue weighted by atomic mass is 9.76. The molecular formula is C12H24N2O2. The molecule has 0 saturated heterocycles. The maximum absolute atomic E-state index is 8.36. The van der Waals surface area contributed by atoms with Gasteiger partial charge in [-0.25, -0.2) is 0 Å². The summed E-state index contributed by atoms with van der Waals surface area (Å²) in [6.07, 6.45) is 6.67. The smallest absolute Gasteiger partial charge is 0.139 e. The first-order valence-electron chi connectivity index (χ1n) is 6.11. The van der Waals surface area contributed by atoms with Crippen molar-refractivity contribution in [1.82, 2.24) is 0 Å². The molecule has 0 bridgehead atoms. The van der Waals surface area contributed by atoms with Gasteiger partial charge in [-0.05, 0) is 37.5 Å². The first-order valence-corrected chi connectivity index (χ1v) is 6.11. The van der Waals surface area contributed by atoms with E-state index in [1.807, 2.05) is 0 Å². The Morgan fingerprint density at radius 1 is 1.44 bits per heavy atom. The predicted molar refractivity (Wildman–Crippen MR) is 64.6 cm³/mol. The first kappa shape index (κ1) is 13.3. The van der Waals surface area contributed by atoms with Gasteiger partial charge in [0.15, 0.2) is 0 Å². The Morgan fingerprint density at radius 3 is 2.62 bits per heavy atom. The first-order chi connectivity index (χ1) is 7.53. The molecule has 94 valence electrons. The van der Waals surface area contributed by atoms with E-state index in [0.717, 1.165) is 19.3 Å². The lowest BCUT2D eigenvalue weighted by Crippen LogP contribution is -2.26. The molecule has 1 fully saturated rings. The third-order valence-corrected chi connectivity index (χ3v) is 3.35. The average Bonchev–Trinajstić information content (AvgIpc) is 2.26. The molecule has 0 atom stereocenters. The highest BCUT2D eigenvalue weighted by Crippen LogP contribution is 2.36. The molecule has 1 rings (SSSR count). The van der Waals surface area contributed by atoms with Crippen LogP contribution in [0.3, 0.4) is 0 Å². The third-order valence-electron chi connectivity index (χ3n) is 3.35. The molecule has 3 N–H and O–H groups in total. The van der Waals surface area contributed by atoms with E-state index in [4.69, 9.17) is 15.7 Å². The van der Waals surface area contributed by atoms with Gasteiger partial charge in [-0.15, -0.1) is 0 Å². The van der Waals surface area contributed by atoms with Crippen LogP contribution < -0.4 is 5.73 Å². The number of nitrogens with zero attached hydrogens (tertiary/aromatic N) is 1. The van der Waals surface area contributed by atoms with E-state index in [0.29, 0.717) is 24.5 Å². The molecule has 0 radical (unpaired) electrons. The zero-order chi connectivity index (χ0) is 12.0. The number of oxime groups is 1. The summed E-state index contributed by atoms with van der Waals surface area (Å²) in [5, 5.41) is 11.3. The number of hydrogen-bond acceptors (Lipinski definition) is 3. The summed E-state index contributed by atoms with van der Waals surface area (Å²) in [5.74, 6) is 0.286. The van der Waals surface area contributed by atoms with E-state index in [9.17, 15) is 0 Å². The molecular weight excluding hydrogens is 204 g/mol. The summed E-state index contributed by atoms with van der Waals surface area (Å²) in [5.41, 5.74) is 5.87. The van der Waals surface area contributed by atoms with Crippen LogP contribution in [0.2, 0.25) is 0 Å². The Labute approximate surface area is 97.8 Å². The lowest BCUT2D eigenvalue weighted by molar-refractivity contribution is 0.00391. The highest BCUT2D eigenvalue weighted by molar-refractivity contribution is 5.79. The Hall–Kier alpha value is -0.770. The minimum absolute atomic E-state index is 0.286. The van der Waals surface area contributed by atoms with Gasteiger partial charge in [0.25, 0.3) is 0 Å².